The van der Waals surface area contributed by atoms with Gasteiger partial charge in [-0.3, -0.25) is 4.79 Å². The molecule has 1 aromatic carbocycles. The molecule has 1 aliphatic carbocycles. The average molecular weight is 332 g/mol. The van der Waals surface area contributed by atoms with Gasteiger partial charge in [0.1, 0.15) is 0 Å². The highest BCUT2D eigenvalue weighted by molar-refractivity contribution is 7.16. The van der Waals surface area contributed by atoms with Crippen molar-refractivity contribution in [1.82, 2.24) is 4.57 Å². The second-order valence-electron chi connectivity index (χ2n) is 7.32. The summed E-state index contributed by atoms with van der Waals surface area (Å²) < 4.78 is 8.44. The Morgan fingerprint density at radius 2 is 1.91 bits per heavy atom. The van der Waals surface area contributed by atoms with Gasteiger partial charge in [-0.15, -0.1) is 0 Å². The van der Waals surface area contributed by atoms with E-state index in [0.29, 0.717) is 13.2 Å². The van der Waals surface area contributed by atoms with Crippen molar-refractivity contribution in [2.75, 3.05) is 13.7 Å². The summed E-state index contributed by atoms with van der Waals surface area (Å²) in [5.74, 6) is -0.00573. The summed E-state index contributed by atoms with van der Waals surface area (Å²) in [5.41, 5.74) is 1.14. The predicted molar refractivity (Wildman–Crippen MR) is 93.3 cm³/mol. The molecule has 0 N–H and O–H groups in total. The number of thiazole rings is 1. The molecular weight excluding hydrogens is 308 g/mol. The number of hydrogen-bond donors (Lipinski definition) is 0. The van der Waals surface area contributed by atoms with Crippen molar-refractivity contribution in [2.24, 2.45) is 21.7 Å². The largest absolute Gasteiger partial charge is 0.383 e. The van der Waals surface area contributed by atoms with E-state index in [1.807, 2.05) is 12.1 Å². The Morgan fingerprint density at radius 3 is 2.52 bits per heavy atom. The fourth-order valence-electron chi connectivity index (χ4n) is 3.48. The van der Waals surface area contributed by atoms with Crippen LogP contribution in [0.25, 0.3) is 10.2 Å². The Hall–Kier alpha value is -1.46. The van der Waals surface area contributed by atoms with Gasteiger partial charge >= 0.3 is 0 Å². The van der Waals surface area contributed by atoms with Crippen LogP contribution in [0.3, 0.4) is 0 Å². The SMILES string of the molecule is COCCn1/c(=N/C(=O)C2C(C)(C)C2(C)C)sc2ccccc21. The molecule has 124 valence electrons. The Morgan fingerprint density at radius 1 is 1.26 bits per heavy atom. The molecule has 1 fully saturated rings. The first-order chi connectivity index (χ1) is 10.8. The van der Waals surface area contributed by atoms with Crippen LogP contribution in [-0.4, -0.2) is 24.2 Å². The monoisotopic (exact) mass is 332 g/mol. The summed E-state index contributed by atoms with van der Waals surface area (Å²) in [6, 6.07) is 8.16. The first-order valence-corrected chi connectivity index (χ1v) is 8.78. The van der Waals surface area contributed by atoms with E-state index in [1.54, 1.807) is 18.4 Å². The van der Waals surface area contributed by atoms with Gasteiger partial charge < -0.3 is 9.30 Å². The lowest BCUT2D eigenvalue weighted by atomic mass is 10.0. The minimum atomic E-state index is -0.00362. The summed E-state index contributed by atoms with van der Waals surface area (Å²) in [7, 11) is 1.69. The Kier molecular flexibility index (Phi) is 3.97. The van der Waals surface area contributed by atoms with Crippen LogP contribution in [0.5, 0.6) is 0 Å². The number of aromatic nitrogens is 1. The van der Waals surface area contributed by atoms with Gasteiger partial charge in [0.15, 0.2) is 4.80 Å². The van der Waals surface area contributed by atoms with Crippen LogP contribution in [0.2, 0.25) is 0 Å². The van der Waals surface area contributed by atoms with Crippen LogP contribution in [0.4, 0.5) is 0 Å². The highest BCUT2D eigenvalue weighted by Crippen LogP contribution is 2.68. The summed E-state index contributed by atoms with van der Waals surface area (Å²) >= 11 is 1.57. The topological polar surface area (TPSA) is 43.6 Å². The molecule has 0 aliphatic heterocycles. The quantitative estimate of drug-likeness (QED) is 0.860. The minimum Gasteiger partial charge on any atom is -0.383 e. The van der Waals surface area contributed by atoms with Gasteiger partial charge in [0, 0.05) is 13.7 Å². The van der Waals surface area contributed by atoms with Crippen LogP contribution < -0.4 is 4.80 Å². The van der Waals surface area contributed by atoms with Crippen LogP contribution in [0.1, 0.15) is 27.7 Å². The molecule has 4 nitrogen and oxygen atoms in total. The summed E-state index contributed by atoms with van der Waals surface area (Å²) in [6.07, 6.45) is 0. The van der Waals surface area contributed by atoms with Crippen molar-refractivity contribution in [3.05, 3.63) is 29.1 Å². The lowest BCUT2D eigenvalue weighted by molar-refractivity contribution is -0.120. The molecule has 0 unspecified atom stereocenters. The molecule has 5 heteroatoms. The number of carbonyl (C=O) groups is 1. The van der Waals surface area contributed by atoms with E-state index in [1.165, 1.54) is 0 Å². The maximum Gasteiger partial charge on any atom is 0.252 e. The van der Waals surface area contributed by atoms with Gasteiger partial charge in [-0.1, -0.05) is 51.2 Å². The number of amides is 1. The number of para-hydroxylation sites is 1. The van der Waals surface area contributed by atoms with Crippen molar-refractivity contribution in [3.63, 3.8) is 0 Å². The van der Waals surface area contributed by atoms with Gasteiger partial charge in [0.2, 0.25) is 0 Å². The molecule has 0 spiro atoms. The van der Waals surface area contributed by atoms with Gasteiger partial charge in [-0.05, 0) is 23.0 Å². The maximum atomic E-state index is 12.7. The third kappa shape index (κ3) is 2.56. The van der Waals surface area contributed by atoms with Crippen molar-refractivity contribution < 1.29 is 9.53 Å². The molecule has 0 atom stereocenters. The lowest BCUT2D eigenvalue weighted by Gasteiger charge is -2.04. The van der Waals surface area contributed by atoms with E-state index >= 15 is 0 Å². The van der Waals surface area contributed by atoms with Crippen LogP contribution >= 0.6 is 11.3 Å². The number of rotatable bonds is 4. The van der Waals surface area contributed by atoms with E-state index in [-0.39, 0.29) is 22.7 Å². The summed E-state index contributed by atoms with van der Waals surface area (Å²) in [6.45, 7) is 9.89. The second kappa shape index (κ2) is 5.56. The standard InChI is InChI=1S/C18H24N2O2S/c1-17(2)14(18(17,3)4)15(21)19-16-20(10-11-22-5)12-8-6-7-9-13(12)23-16/h6-9,14H,10-11H2,1-5H3/b19-16-. The summed E-state index contributed by atoms with van der Waals surface area (Å²) in [5, 5.41) is 0. The lowest BCUT2D eigenvalue weighted by Crippen LogP contribution is -2.20. The van der Waals surface area contributed by atoms with E-state index in [9.17, 15) is 4.79 Å². The number of nitrogens with zero attached hydrogens (tertiary/aromatic N) is 2. The number of hydrogen-bond acceptors (Lipinski definition) is 3. The van der Waals surface area contributed by atoms with Gasteiger partial charge in [-0.2, -0.15) is 4.99 Å². The fraction of sp³-hybridized carbons (Fsp3) is 0.556. The fourth-order valence-corrected chi connectivity index (χ4v) is 4.54. The van der Waals surface area contributed by atoms with Gasteiger partial charge in [-0.25, -0.2) is 0 Å². The van der Waals surface area contributed by atoms with Gasteiger partial charge in [0.25, 0.3) is 5.91 Å². The second-order valence-corrected chi connectivity index (χ2v) is 8.33. The molecule has 3 rings (SSSR count). The van der Waals surface area contributed by atoms with Crippen molar-refractivity contribution >= 4 is 27.5 Å². The third-order valence-corrected chi connectivity index (χ3v) is 6.64. The van der Waals surface area contributed by atoms with Gasteiger partial charge in [0.05, 0.1) is 22.7 Å². The number of methoxy groups -OCH3 is 1. The first-order valence-electron chi connectivity index (χ1n) is 7.96. The van der Waals surface area contributed by atoms with Crippen LogP contribution in [-0.2, 0) is 16.1 Å². The van der Waals surface area contributed by atoms with E-state index in [2.05, 4.69) is 49.4 Å². The highest BCUT2D eigenvalue weighted by atomic mass is 32.1. The Balaban J connectivity index is 2.04. The molecule has 1 heterocycles. The zero-order valence-electron chi connectivity index (χ0n) is 14.4. The smallest absolute Gasteiger partial charge is 0.252 e. The molecule has 23 heavy (non-hydrogen) atoms. The molecule has 2 aromatic rings. The maximum absolute atomic E-state index is 12.7. The number of carbonyl (C=O) groups excluding carboxylic acids is 1. The molecule has 1 saturated carbocycles. The first kappa shape index (κ1) is 16.4. The summed E-state index contributed by atoms with van der Waals surface area (Å²) in [4.78, 5) is 18.0. The number of benzene rings is 1. The Bertz CT molecular complexity index is 800. The van der Waals surface area contributed by atoms with E-state index < -0.39 is 0 Å². The van der Waals surface area contributed by atoms with E-state index in [0.717, 1.165) is 15.0 Å². The average Bonchev–Trinajstić information content (AvgIpc) is 2.76. The predicted octanol–water partition coefficient (Wildman–Crippen LogP) is 3.46. The number of ether oxygens (including phenoxy) is 1. The zero-order valence-corrected chi connectivity index (χ0v) is 15.2. The highest BCUT2D eigenvalue weighted by Gasteiger charge is 2.68. The molecule has 0 saturated heterocycles. The molecule has 0 bridgehead atoms. The van der Waals surface area contributed by atoms with E-state index in [4.69, 9.17) is 4.74 Å². The minimum absolute atomic E-state index is 0.00211. The van der Waals surface area contributed by atoms with Crippen molar-refractivity contribution in [3.8, 4) is 0 Å². The normalized spacial score (nSPS) is 20.1. The van der Waals surface area contributed by atoms with Crippen molar-refractivity contribution in [1.29, 1.82) is 0 Å². The third-order valence-electron chi connectivity index (χ3n) is 5.58. The van der Waals surface area contributed by atoms with Crippen LogP contribution in [0, 0.1) is 16.7 Å². The molecular formula is C18H24N2O2S. The molecule has 0 radical (unpaired) electrons. The van der Waals surface area contributed by atoms with Crippen molar-refractivity contribution in [2.45, 2.75) is 34.2 Å². The molecule has 1 amide bonds. The zero-order chi connectivity index (χ0) is 16.8. The Labute approximate surface area is 140 Å². The van der Waals surface area contributed by atoms with Crippen LogP contribution in [0.15, 0.2) is 29.3 Å². The molecule has 1 aliphatic rings. The number of fused-ring (bicyclic) bond motifs is 1. The molecule has 1 aromatic heterocycles.